The molecule has 3 rings (SSSR count). The van der Waals surface area contributed by atoms with Gasteiger partial charge in [0, 0.05) is 24.7 Å². The molecule has 166 valence electrons. The summed E-state index contributed by atoms with van der Waals surface area (Å²) in [5.41, 5.74) is 3.37. The van der Waals surface area contributed by atoms with Crippen molar-refractivity contribution in [3.8, 4) is 17.2 Å². The Morgan fingerprint density at radius 2 is 1.50 bits per heavy atom. The van der Waals surface area contributed by atoms with Crippen molar-refractivity contribution in [2.45, 2.75) is 19.8 Å². The van der Waals surface area contributed by atoms with Crippen LogP contribution in [0.3, 0.4) is 0 Å². The fourth-order valence-electron chi connectivity index (χ4n) is 3.21. The zero-order valence-corrected chi connectivity index (χ0v) is 18.8. The number of esters is 1. The zero-order valence-electron chi connectivity index (χ0n) is 18.8. The molecule has 0 atom stereocenters. The van der Waals surface area contributed by atoms with Crippen LogP contribution in [0.5, 0.6) is 17.2 Å². The van der Waals surface area contributed by atoms with Crippen LogP contribution in [0.2, 0.25) is 0 Å². The highest BCUT2D eigenvalue weighted by atomic mass is 16.5. The molecule has 0 radical (unpaired) electrons. The largest absolute Gasteiger partial charge is 0.493 e. The number of ether oxygens (including phenoxy) is 3. The Kier molecular flexibility index (Phi) is 7.49. The molecule has 0 saturated carbocycles. The van der Waals surface area contributed by atoms with Crippen LogP contribution in [0.1, 0.15) is 27.9 Å². The topological polar surface area (TPSA) is 65.1 Å². The minimum atomic E-state index is -0.336. The number of carbonyl (C=O) groups excluding carboxylic acids is 2. The molecule has 32 heavy (non-hydrogen) atoms. The molecule has 0 aliphatic rings. The highest BCUT2D eigenvalue weighted by Gasteiger charge is 2.14. The van der Waals surface area contributed by atoms with Gasteiger partial charge in [0.15, 0.2) is 11.5 Å². The van der Waals surface area contributed by atoms with Gasteiger partial charge in [0.05, 0.1) is 14.2 Å². The summed E-state index contributed by atoms with van der Waals surface area (Å²) in [4.78, 5) is 26.5. The third-order valence-electron chi connectivity index (χ3n) is 5.12. The van der Waals surface area contributed by atoms with Crippen molar-refractivity contribution >= 4 is 17.6 Å². The smallest absolute Gasteiger partial charge is 0.311 e. The van der Waals surface area contributed by atoms with Crippen LogP contribution in [-0.2, 0) is 11.2 Å². The SMILES string of the molecule is COc1ccc(CCC(=O)Oc2ccc(N(C)C(=O)c3ccc(C)cc3)cc2)cc1OC. The Morgan fingerprint density at radius 1 is 0.844 bits per heavy atom. The van der Waals surface area contributed by atoms with E-state index >= 15 is 0 Å². The monoisotopic (exact) mass is 433 g/mol. The molecule has 0 N–H and O–H groups in total. The molecule has 1 amide bonds. The predicted molar refractivity (Wildman–Crippen MR) is 124 cm³/mol. The summed E-state index contributed by atoms with van der Waals surface area (Å²) < 4.78 is 15.9. The third-order valence-corrected chi connectivity index (χ3v) is 5.12. The van der Waals surface area contributed by atoms with Gasteiger partial charge in [-0.1, -0.05) is 23.8 Å². The van der Waals surface area contributed by atoms with E-state index < -0.39 is 0 Å². The lowest BCUT2D eigenvalue weighted by molar-refractivity contribution is -0.134. The van der Waals surface area contributed by atoms with Gasteiger partial charge in [-0.3, -0.25) is 9.59 Å². The van der Waals surface area contributed by atoms with Crippen LogP contribution >= 0.6 is 0 Å². The van der Waals surface area contributed by atoms with E-state index in [4.69, 9.17) is 14.2 Å². The highest BCUT2D eigenvalue weighted by molar-refractivity contribution is 6.05. The Morgan fingerprint density at radius 3 is 2.12 bits per heavy atom. The first-order valence-corrected chi connectivity index (χ1v) is 10.3. The first kappa shape index (κ1) is 22.9. The van der Waals surface area contributed by atoms with Crippen molar-refractivity contribution in [1.29, 1.82) is 0 Å². The van der Waals surface area contributed by atoms with E-state index in [0.717, 1.165) is 11.1 Å². The number of benzene rings is 3. The summed E-state index contributed by atoms with van der Waals surface area (Å²) in [5.74, 6) is 1.26. The maximum atomic E-state index is 12.6. The van der Waals surface area contributed by atoms with Gasteiger partial charge in [-0.15, -0.1) is 0 Å². The van der Waals surface area contributed by atoms with Crippen LogP contribution in [0.15, 0.2) is 66.7 Å². The average Bonchev–Trinajstić information content (AvgIpc) is 2.82. The Bertz CT molecular complexity index is 1070. The standard InChI is InChI=1S/C26H27NO5/c1-18-5-9-20(10-6-18)26(29)27(2)21-11-13-22(14-12-21)32-25(28)16-8-19-7-15-23(30-3)24(17-19)31-4/h5-7,9-15,17H,8,16H2,1-4H3. The number of hydrogen-bond acceptors (Lipinski definition) is 5. The second-order valence-corrected chi connectivity index (χ2v) is 7.39. The molecule has 6 heteroatoms. The van der Waals surface area contributed by atoms with Crippen molar-refractivity contribution in [2.24, 2.45) is 0 Å². The molecule has 0 aliphatic carbocycles. The van der Waals surface area contributed by atoms with Crippen LogP contribution in [-0.4, -0.2) is 33.1 Å². The predicted octanol–water partition coefficient (Wildman–Crippen LogP) is 4.83. The average molecular weight is 434 g/mol. The van der Waals surface area contributed by atoms with Crippen molar-refractivity contribution < 1.29 is 23.8 Å². The van der Waals surface area contributed by atoms with Crippen LogP contribution in [0.25, 0.3) is 0 Å². The molecular formula is C26H27NO5. The van der Waals surface area contributed by atoms with Gasteiger partial charge in [0.2, 0.25) is 0 Å². The van der Waals surface area contributed by atoms with Gasteiger partial charge in [-0.2, -0.15) is 0 Å². The van der Waals surface area contributed by atoms with Crippen LogP contribution in [0, 0.1) is 6.92 Å². The van der Waals surface area contributed by atoms with Gasteiger partial charge in [-0.05, 0) is 67.4 Å². The third kappa shape index (κ3) is 5.66. The molecule has 3 aromatic carbocycles. The highest BCUT2D eigenvalue weighted by Crippen LogP contribution is 2.28. The van der Waals surface area contributed by atoms with Crippen molar-refractivity contribution in [3.05, 3.63) is 83.4 Å². The lowest BCUT2D eigenvalue weighted by atomic mass is 10.1. The molecule has 0 bridgehead atoms. The number of anilines is 1. The number of aryl methyl sites for hydroxylation is 2. The summed E-state index contributed by atoms with van der Waals surface area (Å²) in [7, 11) is 4.87. The maximum absolute atomic E-state index is 12.6. The van der Waals surface area contributed by atoms with E-state index in [2.05, 4.69) is 0 Å². The summed E-state index contributed by atoms with van der Waals surface area (Å²) in [6.45, 7) is 1.98. The summed E-state index contributed by atoms with van der Waals surface area (Å²) >= 11 is 0. The summed E-state index contributed by atoms with van der Waals surface area (Å²) in [6.07, 6.45) is 0.744. The molecule has 0 aromatic heterocycles. The van der Waals surface area contributed by atoms with E-state index in [9.17, 15) is 9.59 Å². The normalized spacial score (nSPS) is 10.4. The van der Waals surface area contributed by atoms with E-state index in [1.807, 2.05) is 49.4 Å². The molecule has 0 fully saturated rings. The minimum Gasteiger partial charge on any atom is -0.493 e. The van der Waals surface area contributed by atoms with Crippen LogP contribution < -0.4 is 19.1 Å². The zero-order chi connectivity index (χ0) is 23.1. The maximum Gasteiger partial charge on any atom is 0.311 e. The lowest BCUT2D eigenvalue weighted by Gasteiger charge is -2.18. The number of nitrogens with zero attached hydrogens (tertiary/aromatic N) is 1. The summed E-state index contributed by atoms with van der Waals surface area (Å²) in [5, 5.41) is 0. The van der Waals surface area contributed by atoms with Crippen LogP contribution in [0.4, 0.5) is 5.69 Å². The van der Waals surface area contributed by atoms with Crippen molar-refractivity contribution in [1.82, 2.24) is 0 Å². The molecule has 0 aliphatic heterocycles. The number of amides is 1. The van der Waals surface area contributed by atoms with Crippen molar-refractivity contribution in [2.75, 3.05) is 26.2 Å². The van der Waals surface area contributed by atoms with E-state index in [1.165, 1.54) is 0 Å². The number of methoxy groups -OCH3 is 2. The second-order valence-electron chi connectivity index (χ2n) is 7.39. The first-order valence-electron chi connectivity index (χ1n) is 10.3. The van der Waals surface area contributed by atoms with Gasteiger partial charge in [0.25, 0.3) is 5.91 Å². The number of carbonyl (C=O) groups is 2. The Labute approximate surface area is 188 Å². The fourth-order valence-corrected chi connectivity index (χ4v) is 3.21. The number of hydrogen-bond donors (Lipinski definition) is 0. The Balaban J connectivity index is 1.56. The fraction of sp³-hybridized carbons (Fsp3) is 0.231. The summed E-state index contributed by atoms with van der Waals surface area (Å²) in [6, 6.07) is 19.9. The number of rotatable bonds is 8. The van der Waals surface area contributed by atoms with E-state index in [-0.39, 0.29) is 18.3 Å². The quantitative estimate of drug-likeness (QED) is 0.376. The molecule has 0 saturated heterocycles. The molecular weight excluding hydrogens is 406 g/mol. The first-order chi connectivity index (χ1) is 15.4. The van der Waals surface area contributed by atoms with Crippen molar-refractivity contribution in [3.63, 3.8) is 0 Å². The Hall–Kier alpha value is -3.80. The molecule has 0 heterocycles. The van der Waals surface area contributed by atoms with Gasteiger partial charge in [-0.25, -0.2) is 0 Å². The van der Waals surface area contributed by atoms with E-state index in [0.29, 0.717) is 34.9 Å². The van der Waals surface area contributed by atoms with Gasteiger partial charge >= 0.3 is 5.97 Å². The van der Waals surface area contributed by atoms with Gasteiger partial charge in [0.1, 0.15) is 5.75 Å². The van der Waals surface area contributed by atoms with E-state index in [1.54, 1.807) is 50.4 Å². The molecule has 6 nitrogen and oxygen atoms in total. The molecule has 0 unspecified atom stereocenters. The van der Waals surface area contributed by atoms with Gasteiger partial charge < -0.3 is 19.1 Å². The molecule has 0 spiro atoms. The lowest BCUT2D eigenvalue weighted by Crippen LogP contribution is -2.26. The minimum absolute atomic E-state index is 0.107. The molecule has 3 aromatic rings. The second kappa shape index (κ2) is 10.5.